The maximum Gasteiger partial charge on any atom is 0.0587 e. The van der Waals surface area contributed by atoms with E-state index in [4.69, 9.17) is 17.2 Å². The van der Waals surface area contributed by atoms with Crippen molar-refractivity contribution in [3.05, 3.63) is 0 Å². The Morgan fingerprint density at radius 1 is 1.21 bits per heavy atom. The fourth-order valence-electron chi connectivity index (χ4n) is 1.80. The van der Waals surface area contributed by atoms with Crippen LogP contribution >= 0.6 is 0 Å². The molecule has 5 nitrogen and oxygen atoms in total. The molecule has 0 aliphatic carbocycles. The summed E-state index contributed by atoms with van der Waals surface area (Å²) in [5, 5.41) is 3.30. The number of nitrogens with one attached hydrogen (secondary N) is 1. The van der Waals surface area contributed by atoms with Gasteiger partial charge in [0.05, 0.1) is 6.17 Å². The number of rotatable bonds is 5. The van der Waals surface area contributed by atoms with Crippen LogP contribution in [0.25, 0.3) is 0 Å². The van der Waals surface area contributed by atoms with Gasteiger partial charge in [0, 0.05) is 32.2 Å². The molecule has 1 saturated heterocycles. The van der Waals surface area contributed by atoms with Crippen molar-refractivity contribution in [2.75, 3.05) is 32.7 Å². The number of hydrogen-bond donors (Lipinski definition) is 4. The van der Waals surface area contributed by atoms with Gasteiger partial charge in [-0.1, -0.05) is 0 Å². The predicted molar refractivity (Wildman–Crippen MR) is 58.7 cm³/mol. The van der Waals surface area contributed by atoms with Crippen molar-refractivity contribution in [2.24, 2.45) is 17.2 Å². The van der Waals surface area contributed by atoms with Crippen LogP contribution < -0.4 is 22.5 Å². The van der Waals surface area contributed by atoms with Crippen LogP contribution in [0.5, 0.6) is 0 Å². The first-order valence-corrected chi connectivity index (χ1v) is 5.40. The van der Waals surface area contributed by atoms with E-state index >= 15 is 0 Å². The quantitative estimate of drug-likeness (QED) is 0.423. The molecule has 1 rings (SSSR count). The lowest BCUT2D eigenvalue weighted by molar-refractivity contribution is 0.161. The van der Waals surface area contributed by atoms with E-state index in [1.54, 1.807) is 0 Å². The highest BCUT2D eigenvalue weighted by Crippen LogP contribution is 2.04. The lowest BCUT2D eigenvalue weighted by Gasteiger charge is -2.33. The van der Waals surface area contributed by atoms with E-state index in [1.807, 2.05) is 0 Å². The topological polar surface area (TPSA) is 93.3 Å². The van der Waals surface area contributed by atoms with E-state index in [0.717, 1.165) is 39.0 Å². The summed E-state index contributed by atoms with van der Waals surface area (Å²) in [5.74, 6) is 0. The molecule has 0 spiro atoms. The van der Waals surface area contributed by atoms with E-state index in [2.05, 4.69) is 10.2 Å². The summed E-state index contributed by atoms with van der Waals surface area (Å²) >= 11 is 0. The van der Waals surface area contributed by atoms with Crippen molar-refractivity contribution < 1.29 is 0 Å². The summed E-state index contributed by atoms with van der Waals surface area (Å²) < 4.78 is 0. The third-order valence-electron chi connectivity index (χ3n) is 2.70. The lowest BCUT2D eigenvalue weighted by atomic mass is 10.1. The second-order valence-corrected chi connectivity index (χ2v) is 3.93. The Morgan fingerprint density at radius 3 is 2.43 bits per heavy atom. The Kier molecular flexibility index (Phi) is 5.36. The molecule has 5 heteroatoms. The van der Waals surface area contributed by atoms with Gasteiger partial charge < -0.3 is 22.5 Å². The normalized spacial score (nSPS) is 23.4. The summed E-state index contributed by atoms with van der Waals surface area (Å²) in [6, 6.07) is 0.143. The van der Waals surface area contributed by atoms with Crippen LogP contribution in [-0.4, -0.2) is 49.8 Å². The molecule has 0 aromatic carbocycles. The smallest absolute Gasteiger partial charge is 0.0587 e. The van der Waals surface area contributed by atoms with Gasteiger partial charge in [0.25, 0.3) is 0 Å². The first kappa shape index (κ1) is 11.9. The molecule has 1 fully saturated rings. The van der Waals surface area contributed by atoms with E-state index in [9.17, 15) is 0 Å². The Balaban J connectivity index is 2.21. The fourth-order valence-corrected chi connectivity index (χ4v) is 1.80. The molecule has 14 heavy (non-hydrogen) atoms. The van der Waals surface area contributed by atoms with Gasteiger partial charge in [-0.25, -0.2) is 0 Å². The zero-order chi connectivity index (χ0) is 10.4. The number of nitrogens with zero attached hydrogens (tertiary/aromatic N) is 1. The van der Waals surface area contributed by atoms with E-state index < -0.39 is 0 Å². The molecule has 7 N–H and O–H groups in total. The highest BCUT2D eigenvalue weighted by molar-refractivity contribution is 4.76. The van der Waals surface area contributed by atoms with E-state index in [0.29, 0.717) is 6.54 Å². The lowest BCUT2D eigenvalue weighted by Crippen LogP contribution is -2.53. The number of hydrogen-bond acceptors (Lipinski definition) is 5. The zero-order valence-corrected chi connectivity index (χ0v) is 8.78. The molecule has 1 aliphatic rings. The molecule has 1 aliphatic heterocycles. The fraction of sp³-hybridized carbons (Fsp3) is 1.00. The van der Waals surface area contributed by atoms with E-state index in [1.165, 1.54) is 0 Å². The van der Waals surface area contributed by atoms with Gasteiger partial charge in [0.1, 0.15) is 0 Å². The average molecular weight is 201 g/mol. The van der Waals surface area contributed by atoms with Gasteiger partial charge in [0.2, 0.25) is 0 Å². The maximum atomic E-state index is 6.06. The standard InChI is InChI=1S/C9H23N5/c10-2-1-8(11)7-9(12)14-5-3-13-4-6-14/h8-9,13H,1-7,10-12H2. The summed E-state index contributed by atoms with van der Waals surface area (Å²) in [5.41, 5.74) is 17.4. The predicted octanol–water partition coefficient (Wildman–Crippen LogP) is -1.76. The van der Waals surface area contributed by atoms with Crippen molar-refractivity contribution in [3.8, 4) is 0 Å². The highest BCUT2D eigenvalue weighted by Gasteiger charge is 2.18. The second kappa shape index (κ2) is 6.31. The van der Waals surface area contributed by atoms with Gasteiger partial charge in [-0.3, -0.25) is 4.90 Å². The summed E-state index contributed by atoms with van der Waals surface area (Å²) in [4.78, 5) is 2.28. The van der Waals surface area contributed by atoms with Gasteiger partial charge in [-0.05, 0) is 19.4 Å². The van der Waals surface area contributed by atoms with E-state index in [-0.39, 0.29) is 12.2 Å². The second-order valence-electron chi connectivity index (χ2n) is 3.93. The van der Waals surface area contributed by atoms with Crippen LogP contribution in [0, 0.1) is 0 Å². The minimum absolute atomic E-state index is 0.0960. The van der Waals surface area contributed by atoms with Crippen molar-refractivity contribution in [3.63, 3.8) is 0 Å². The third-order valence-corrected chi connectivity index (χ3v) is 2.70. The first-order chi connectivity index (χ1) is 6.74. The van der Waals surface area contributed by atoms with Gasteiger partial charge in [-0.15, -0.1) is 0 Å². The molecule has 0 saturated carbocycles. The van der Waals surface area contributed by atoms with Crippen LogP contribution in [0.3, 0.4) is 0 Å². The van der Waals surface area contributed by atoms with Crippen LogP contribution in [-0.2, 0) is 0 Å². The van der Waals surface area contributed by atoms with Crippen LogP contribution in [0.2, 0.25) is 0 Å². The SMILES string of the molecule is NCCC(N)CC(N)N1CCNCC1. The Bertz CT molecular complexity index is 146. The van der Waals surface area contributed by atoms with Crippen molar-refractivity contribution in [2.45, 2.75) is 25.0 Å². The molecule has 0 aromatic rings. The minimum atomic E-state index is 0.0960. The number of nitrogens with two attached hydrogens (primary N) is 3. The zero-order valence-electron chi connectivity index (χ0n) is 8.78. The molecule has 2 unspecified atom stereocenters. The largest absolute Gasteiger partial charge is 0.330 e. The molecular formula is C9H23N5. The molecule has 0 radical (unpaired) electrons. The Hall–Kier alpha value is -0.200. The van der Waals surface area contributed by atoms with Gasteiger partial charge >= 0.3 is 0 Å². The highest BCUT2D eigenvalue weighted by atomic mass is 15.3. The third kappa shape index (κ3) is 3.89. The molecule has 0 bridgehead atoms. The van der Waals surface area contributed by atoms with Gasteiger partial charge in [0.15, 0.2) is 0 Å². The van der Waals surface area contributed by atoms with Crippen LogP contribution in [0.1, 0.15) is 12.8 Å². The molecule has 1 heterocycles. The molecule has 0 amide bonds. The summed E-state index contributed by atoms with van der Waals surface area (Å²) in [7, 11) is 0. The Morgan fingerprint density at radius 2 is 1.86 bits per heavy atom. The molecule has 2 atom stereocenters. The first-order valence-electron chi connectivity index (χ1n) is 5.40. The molecule has 84 valence electrons. The molecular weight excluding hydrogens is 178 g/mol. The molecule has 0 aromatic heterocycles. The van der Waals surface area contributed by atoms with Crippen LogP contribution in [0.15, 0.2) is 0 Å². The summed E-state index contributed by atoms with van der Waals surface area (Å²) in [6.07, 6.45) is 1.80. The monoisotopic (exact) mass is 201 g/mol. The summed E-state index contributed by atoms with van der Waals surface area (Å²) in [6.45, 7) is 4.75. The van der Waals surface area contributed by atoms with Crippen molar-refractivity contribution in [1.29, 1.82) is 0 Å². The van der Waals surface area contributed by atoms with Crippen molar-refractivity contribution >= 4 is 0 Å². The van der Waals surface area contributed by atoms with Crippen molar-refractivity contribution in [1.82, 2.24) is 10.2 Å². The van der Waals surface area contributed by atoms with Crippen LogP contribution in [0.4, 0.5) is 0 Å². The minimum Gasteiger partial charge on any atom is -0.330 e. The Labute approximate surface area is 86.0 Å². The average Bonchev–Trinajstić information content (AvgIpc) is 2.19. The van der Waals surface area contributed by atoms with Gasteiger partial charge in [-0.2, -0.15) is 0 Å². The number of piperazine rings is 1. The maximum absolute atomic E-state index is 6.06.